The monoisotopic (exact) mass is 313 g/mol. The van der Waals surface area contributed by atoms with Crippen molar-refractivity contribution in [3.05, 3.63) is 41.4 Å². The molecule has 0 radical (unpaired) electrons. The third-order valence-corrected chi connectivity index (χ3v) is 2.99. The van der Waals surface area contributed by atoms with Gasteiger partial charge in [-0.1, -0.05) is 11.6 Å². The SMILES string of the molecule is FC(F)(F)c1cnc(Nc2cnc3[nH]ccc3c2)nc1Cl. The van der Waals surface area contributed by atoms with Crippen LogP contribution in [-0.4, -0.2) is 19.9 Å². The van der Waals surface area contributed by atoms with Crippen LogP contribution in [0.25, 0.3) is 11.0 Å². The molecule has 0 spiro atoms. The van der Waals surface area contributed by atoms with Gasteiger partial charge in [-0.3, -0.25) is 0 Å². The van der Waals surface area contributed by atoms with E-state index in [1.54, 1.807) is 12.3 Å². The predicted molar refractivity (Wildman–Crippen MR) is 71.4 cm³/mol. The lowest BCUT2D eigenvalue weighted by Gasteiger charge is -2.09. The summed E-state index contributed by atoms with van der Waals surface area (Å²) in [4.78, 5) is 14.3. The smallest absolute Gasteiger partial charge is 0.346 e. The predicted octanol–water partition coefficient (Wildman–Crippen LogP) is 3.77. The molecular formula is C12H7ClF3N5. The topological polar surface area (TPSA) is 66.5 Å². The summed E-state index contributed by atoms with van der Waals surface area (Å²) in [5, 5.41) is 2.94. The minimum atomic E-state index is -4.58. The van der Waals surface area contributed by atoms with Crippen LogP contribution in [0.1, 0.15) is 5.56 Å². The number of H-pyrrole nitrogens is 1. The number of pyridine rings is 1. The van der Waals surface area contributed by atoms with Gasteiger partial charge in [-0.2, -0.15) is 13.2 Å². The molecule has 0 aromatic carbocycles. The second-order valence-electron chi connectivity index (χ2n) is 4.16. The quantitative estimate of drug-likeness (QED) is 0.707. The second kappa shape index (κ2) is 4.88. The number of nitrogens with one attached hydrogen (secondary N) is 2. The largest absolute Gasteiger partial charge is 0.420 e. The molecule has 0 unspecified atom stereocenters. The van der Waals surface area contributed by atoms with E-state index in [9.17, 15) is 13.2 Å². The lowest BCUT2D eigenvalue weighted by molar-refractivity contribution is -0.137. The molecule has 0 aliphatic heterocycles. The molecule has 0 atom stereocenters. The van der Waals surface area contributed by atoms with Crippen LogP contribution in [-0.2, 0) is 6.18 Å². The summed E-state index contributed by atoms with van der Waals surface area (Å²) in [6.07, 6.45) is -0.707. The van der Waals surface area contributed by atoms with Crippen molar-refractivity contribution >= 4 is 34.3 Å². The minimum absolute atomic E-state index is 0.0373. The first kappa shape index (κ1) is 13.6. The number of alkyl halides is 3. The maximum absolute atomic E-state index is 12.5. The van der Waals surface area contributed by atoms with Crippen molar-refractivity contribution in [2.75, 3.05) is 5.32 Å². The third-order valence-electron chi connectivity index (χ3n) is 2.70. The zero-order chi connectivity index (χ0) is 15.0. The van der Waals surface area contributed by atoms with Crippen LogP contribution in [0.15, 0.2) is 30.7 Å². The molecule has 0 aliphatic rings. The van der Waals surface area contributed by atoms with Crippen LogP contribution in [0.5, 0.6) is 0 Å². The molecular weight excluding hydrogens is 307 g/mol. The Kier molecular flexibility index (Phi) is 3.17. The Bertz CT molecular complexity index is 799. The van der Waals surface area contributed by atoms with Gasteiger partial charge in [0, 0.05) is 17.8 Å². The summed E-state index contributed by atoms with van der Waals surface area (Å²) in [6.45, 7) is 0. The number of aromatic nitrogens is 4. The van der Waals surface area contributed by atoms with Crippen molar-refractivity contribution in [3.63, 3.8) is 0 Å². The van der Waals surface area contributed by atoms with Crippen molar-refractivity contribution in [3.8, 4) is 0 Å². The van der Waals surface area contributed by atoms with Gasteiger partial charge in [0.25, 0.3) is 0 Å². The minimum Gasteiger partial charge on any atom is -0.346 e. The van der Waals surface area contributed by atoms with Crippen LogP contribution < -0.4 is 5.32 Å². The second-order valence-corrected chi connectivity index (χ2v) is 4.52. The van der Waals surface area contributed by atoms with Crippen molar-refractivity contribution < 1.29 is 13.2 Å². The number of rotatable bonds is 2. The van der Waals surface area contributed by atoms with Gasteiger partial charge >= 0.3 is 6.18 Å². The maximum atomic E-state index is 12.5. The van der Waals surface area contributed by atoms with Gasteiger partial charge in [0.05, 0.1) is 11.9 Å². The standard InChI is InChI=1S/C12H7ClF3N5/c13-9-8(12(14,15)16)5-19-11(21-9)20-7-3-6-1-2-17-10(6)18-4-7/h1-5H,(H,17,18)(H,19,20,21). The summed E-state index contributed by atoms with van der Waals surface area (Å²) in [5.74, 6) is -0.0373. The molecule has 3 aromatic rings. The molecule has 0 bridgehead atoms. The first-order valence-electron chi connectivity index (χ1n) is 5.73. The molecule has 21 heavy (non-hydrogen) atoms. The van der Waals surface area contributed by atoms with E-state index in [1.165, 1.54) is 6.20 Å². The molecule has 0 aliphatic carbocycles. The average molecular weight is 314 g/mol. The Morgan fingerprint density at radius 3 is 2.71 bits per heavy atom. The van der Waals surface area contributed by atoms with Crippen molar-refractivity contribution in [2.45, 2.75) is 6.18 Å². The maximum Gasteiger partial charge on any atom is 0.420 e. The Labute approximate surface area is 121 Å². The number of hydrogen-bond donors (Lipinski definition) is 2. The summed E-state index contributed by atoms with van der Waals surface area (Å²) in [5.41, 5.74) is 0.166. The number of fused-ring (bicyclic) bond motifs is 1. The van der Waals surface area contributed by atoms with Gasteiger partial charge in [-0.05, 0) is 12.1 Å². The van der Waals surface area contributed by atoms with Gasteiger partial charge < -0.3 is 10.3 Å². The lowest BCUT2D eigenvalue weighted by Crippen LogP contribution is -2.09. The lowest BCUT2D eigenvalue weighted by atomic mass is 10.3. The number of aromatic amines is 1. The first-order chi connectivity index (χ1) is 9.93. The molecule has 0 saturated carbocycles. The van der Waals surface area contributed by atoms with Gasteiger partial charge in [-0.25, -0.2) is 15.0 Å². The van der Waals surface area contributed by atoms with Crippen LogP contribution in [0.4, 0.5) is 24.8 Å². The normalized spacial score (nSPS) is 11.8. The molecule has 9 heteroatoms. The van der Waals surface area contributed by atoms with Crippen LogP contribution in [0.3, 0.4) is 0 Å². The molecule has 0 saturated heterocycles. The van der Waals surface area contributed by atoms with E-state index in [4.69, 9.17) is 11.6 Å². The summed E-state index contributed by atoms with van der Waals surface area (Å²) >= 11 is 5.53. The van der Waals surface area contributed by atoms with Crippen molar-refractivity contribution in [1.29, 1.82) is 0 Å². The molecule has 0 fully saturated rings. The zero-order valence-corrected chi connectivity index (χ0v) is 11.0. The van der Waals surface area contributed by atoms with Crippen molar-refractivity contribution in [2.24, 2.45) is 0 Å². The highest BCUT2D eigenvalue weighted by molar-refractivity contribution is 6.30. The van der Waals surface area contributed by atoms with Gasteiger partial charge in [-0.15, -0.1) is 0 Å². The van der Waals surface area contributed by atoms with E-state index < -0.39 is 16.9 Å². The Morgan fingerprint density at radius 2 is 2.00 bits per heavy atom. The zero-order valence-electron chi connectivity index (χ0n) is 10.2. The molecule has 3 aromatic heterocycles. The highest BCUT2D eigenvalue weighted by atomic mass is 35.5. The van der Waals surface area contributed by atoms with E-state index in [0.717, 1.165) is 5.39 Å². The van der Waals surface area contributed by atoms with Gasteiger partial charge in [0.2, 0.25) is 5.95 Å². The first-order valence-corrected chi connectivity index (χ1v) is 6.11. The van der Waals surface area contributed by atoms with Crippen LogP contribution in [0, 0.1) is 0 Å². The Morgan fingerprint density at radius 1 is 1.19 bits per heavy atom. The van der Waals surface area contributed by atoms with Crippen LogP contribution >= 0.6 is 11.6 Å². The molecule has 3 heterocycles. The molecule has 0 amide bonds. The average Bonchev–Trinajstić information content (AvgIpc) is 2.84. The van der Waals surface area contributed by atoms with E-state index in [-0.39, 0.29) is 5.95 Å². The highest BCUT2D eigenvalue weighted by Gasteiger charge is 2.34. The number of nitrogens with zero attached hydrogens (tertiary/aromatic N) is 3. The summed E-state index contributed by atoms with van der Waals surface area (Å²) in [6, 6.07) is 3.57. The molecule has 2 N–H and O–H groups in total. The van der Waals surface area contributed by atoms with Crippen molar-refractivity contribution in [1.82, 2.24) is 19.9 Å². The number of halogens is 4. The van der Waals surface area contributed by atoms with Gasteiger partial charge in [0.1, 0.15) is 16.4 Å². The van der Waals surface area contributed by atoms with E-state index in [2.05, 4.69) is 25.3 Å². The molecule has 3 rings (SSSR count). The fourth-order valence-electron chi connectivity index (χ4n) is 1.75. The molecule has 5 nitrogen and oxygen atoms in total. The van der Waals surface area contributed by atoms with E-state index >= 15 is 0 Å². The fraction of sp³-hybridized carbons (Fsp3) is 0.0833. The summed E-state index contributed by atoms with van der Waals surface area (Å²) in [7, 11) is 0. The van der Waals surface area contributed by atoms with Crippen LogP contribution in [0.2, 0.25) is 5.15 Å². The molecule has 108 valence electrons. The fourth-order valence-corrected chi connectivity index (χ4v) is 1.98. The Balaban J connectivity index is 1.89. The van der Waals surface area contributed by atoms with E-state index in [0.29, 0.717) is 17.5 Å². The van der Waals surface area contributed by atoms with Gasteiger partial charge in [0.15, 0.2) is 0 Å². The Hall–Kier alpha value is -2.35. The summed E-state index contributed by atoms with van der Waals surface area (Å²) < 4.78 is 37.6. The van der Waals surface area contributed by atoms with E-state index in [1.807, 2.05) is 6.07 Å². The third kappa shape index (κ3) is 2.75. The highest BCUT2D eigenvalue weighted by Crippen LogP contribution is 2.33. The number of hydrogen-bond acceptors (Lipinski definition) is 4. The number of anilines is 2.